The number of nitrogens with zero attached hydrogens (tertiary/aromatic N) is 1. The van der Waals surface area contributed by atoms with Crippen molar-refractivity contribution >= 4 is 26.0 Å². The standard InChI is InChI=1S/C17H20BrNO4S/c1-4-23-14-7-5-6-13(10-14)12-19(2)24(20,21)15-8-9-17(22-3)16(18)11-15/h5-11H,4,12H2,1-3H3. The van der Waals surface area contributed by atoms with Crippen molar-refractivity contribution in [3.8, 4) is 11.5 Å². The van der Waals surface area contributed by atoms with Gasteiger partial charge in [0.1, 0.15) is 11.5 Å². The average molecular weight is 414 g/mol. The molecular weight excluding hydrogens is 394 g/mol. The van der Waals surface area contributed by atoms with Crippen LogP contribution < -0.4 is 9.47 Å². The van der Waals surface area contributed by atoms with Gasteiger partial charge in [-0.25, -0.2) is 8.42 Å². The SMILES string of the molecule is CCOc1cccc(CN(C)S(=O)(=O)c2ccc(OC)c(Br)c2)c1. The summed E-state index contributed by atoms with van der Waals surface area (Å²) in [6.45, 7) is 2.73. The van der Waals surface area contributed by atoms with E-state index in [4.69, 9.17) is 9.47 Å². The summed E-state index contributed by atoms with van der Waals surface area (Å²) in [6, 6.07) is 12.1. The van der Waals surface area contributed by atoms with E-state index in [9.17, 15) is 8.42 Å². The highest BCUT2D eigenvalue weighted by Crippen LogP contribution is 2.29. The number of halogens is 1. The molecule has 2 rings (SSSR count). The molecule has 2 aromatic rings. The first-order chi connectivity index (χ1) is 11.4. The van der Waals surface area contributed by atoms with Crippen molar-refractivity contribution < 1.29 is 17.9 Å². The molecular formula is C17H20BrNO4S. The van der Waals surface area contributed by atoms with Crippen LogP contribution in [0.5, 0.6) is 11.5 Å². The van der Waals surface area contributed by atoms with Crippen LogP contribution in [0.4, 0.5) is 0 Å². The predicted octanol–water partition coefficient (Wildman–Crippen LogP) is 3.68. The second-order valence-corrected chi connectivity index (χ2v) is 8.04. The summed E-state index contributed by atoms with van der Waals surface area (Å²) in [5.41, 5.74) is 0.861. The summed E-state index contributed by atoms with van der Waals surface area (Å²) in [6.07, 6.45) is 0. The molecule has 0 heterocycles. The van der Waals surface area contributed by atoms with Crippen LogP contribution in [0.3, 0.4) is 0 Å². The van der Waals surface area contributed by atoms with E-state index in [1.807, 2.05) is 31.2 Å². The molecule has 5 nitrogen and oxygen atoms in total. The molecule has 0 atom stereocenters. The maximum Gasteiger partial charge on any atom is 0.243 e. The highest BCUT2D eigenvalue weighted by Gasteiger charge is 2.22. The Morgan fingerprint density at radius 1 is 1.17 bits per heavy atom. The highest BCUT2D eigenvalue weighted by molar-refractivity contribution is 9.10. The third kappa shape index (κ3) is 4.28. The number of sulfonamides is 1. The molecule has 0 aliphatic rings. The maximum atomic E-state index is 12.7. The molecule has 2 aromatic carbocycles. The molecule has 0 saturated heterocycles. The normalized spacial score (nSPS) is 11.5. The van der Waals surface area contributed by atoms with E-state index < -0.39 is 10.0 Å². The fourth-order valence-electron chi connectivity index (χ4n) is 2.23. The fourth-order valence-corrected chi connectivity index (χ4v) is 4.11. The lowest BCUT2D eigenvalue weighted by Crippen LogP contribution is -2.26. The van der Waals surface area contributed by atoms with E-state index in [1.54, 1.807) is 19.2 Å². The highest BCUT2D eigenvalue weighted by atomic mass is 79.9. The van der Waals surface area contributed by atoms with Gasteiger partial charge in [0.05, 0.1) is 23.1 Å². The van der Waals surface area contributed by atoms with E-state index in [0.29, 0.717) is 16.8 Å². The van der Waals surface area contributed by atoms with Gasteiger partial charge in [-0.05, 0) is 58.7 Å². The molecule has 0 unspecified atom stereocenters. The molecule has 130 valence electrons. The minimum absolute atomic E-state index is 0.207. The van der Waals surface area contributed by atoms with Gasteiger partial charge in [-0.2, -0.15) is 4.31 Å². The zero-order chi connectivity index (χ0) is 17.7. The number of methoxy groups -OCH3 is 1. The van der Waals surface area contributed by atoms with Crippen LogP contribution in [-0.2, 0) is 16.6 Å². The fraction of sp³-hybridized carbons (Fsp3) is 0.294. The summed E-state index contributed by atoms with van der Waals surface area (Å²) in [5, 5.41) is 0. The molecule has 0 saturated carbocycles. The van der Waals surface area contributed by atoms with E-state index in [-0.39, 0.29) is 11.4 Å². The first-order valence-corrected chi connectivity index (χ1v) is 9.63. The molecule has 0 amide bonds. The minimum atomic E-state index is -3.60. The van der Waals surface area contributed by atoms with Gasteiger partial charge >= 0.3 is 0 Å². The topological polar surface area (TPSA) is 55.8 Å². The second kappa shape index (κ2) is 8.00. The molecule has 0 bridgehead atoms. The van der Waals surface area contributed by atoms with Gasteiger partial charge in [0.25, 0.3) is 0 Å². The smallest absolute Gasteiger partial charge is 0.243 e. The average Bonchev–Trinajstić information content (AvgIpc) is 2.55. The summed E-state index contributed by atoms with van der Waals surface area (Å²) in [4.78, 5) is 0.207. The maximum absolute atomic E-state index is 12.7. The number of hydrogen-bond acceptors (Lipinski definition) is 4. The van der Waals surface area contributed by atoms with E-state index in [2.05, 4.69) is 15.9 Å². The molecule has 0 radical (unpaired) electrons. The lowest BCUT2D eigenvalue weighted by Gasteiger charge is -2.18. The Balaban J connectivity index is 2.23. The van der Waals surface area contributed by atoms with Crippen molar-refractivity contribution in [2.45, 2.75) is 18.4 Å². The van der Waals surface area contributed by atoms with Crippen LogP contribution in [0.15, 0.2) is 51.8 Å². The monoisotopic (exact) mass is 413 g/mol. The molecule has 0 aliphatic carbocycles. The zero-order valence-electron chi connectivity index (χ0n) is 13.8. The summed E-state index contributed by atoms with van der Waals surface area (Å²) >= 11 is 3.32. The van der Waals surface area contributed by atoms with Gasteiger partial charge < -0.3 is 9.47 Å². The lowest BCUT2D eigenvalue weighted by atomic mass is 10.2. The number of ether oxygens (including phenoxy) is 2. The van der Waals surface area contributed by atoms with E-state index >= 15 is 0 Å². The lowest BCUT2D eigenvalue weighted by molar-refractivity contribution is 0.339. The molecule has 7 heteroatoms. The Labute approximate surface area is 151 Å². The van der Waals surface area contributed by atoms with Crippen LogP contribution in [0.25, 0.3) is 0 Å². The van der Waals surface area contributed by atoms with Crippen molar-refractivity contribution in [1.82, 2.24) is 4.31 Å². The van der Waals surface area contributed by atoms with E-state index in [0.717, 1.165) is 11.3 Å². The molecule has 0 aliphatic heterocycles. The number of benzene rings is 2. The quantitative estimate of drug-likeness (QED) is 0.694. The largest absolute Gasteiger partial charge is 0.496 e. The molecule has 0 N–H and O–H groups in total. The third-order valence-corrected chi connectivity index (χ3v) is 5.87. The van der Waals surface area contributed by atoms with E-state index in [1.165, 1.54) is 17.5 Å². The summed E-state index contributed by atoms with van der Waals surface area (Å²) in [5.74, 6) is 1.31. The second-order valence-electron chi connectivity index (χ2n) is 5.14. The Morgan fingerprint density at radius 3 is 2.54 bits per heavy atom. The Kier molecular flexibility index (Phi) is 6.26. The van der Waals surface area contributed by atoms with Crippen molar-refractivity contribution in [3.05, 3.63) is 52.5 Å². The third-order valence-electron chi connectivity index (χ3n) is 3.45. The molecule has 0 fully saturated rings. The van der Waals surface area contributed by atoms with Crippen LogP contribution in [-0.4, -0.2) is 33.5 Å². The summed E-state index contributed by atoms with van der Waals surface area (Å²) < 4.78 is 38.0. The van der Waals surface area contributed by atoms with Crippen LogP contribution in [0.2, 0.25) is 0 Å². The first kappa shape index (κ1) is 18.8. The van der Waals surface area contributed by atoms with Gasteiger partial charge in [-0.1, -0.05) is 12.1 Å². The van der Waals surface area contributed by atoms with Crippen molar-refractivity contribution in [2.75, 3.05) is 20.8 Å². The number of rotatable bonds is 7. The van der Waals surface area contributed by atoms with Crippen molar-refractivity contribution in [2.24, 2.45) is 0 Å². The van der Waals surface area contributed by atoms with Crippen LogP contribution >= 0.6 is 15.9 Å². The van der Waals surface area contributed by atoms with Gasteiger partial charge in [0.15, 0.2) is 0 Å². The predicted molar refractivity (Wildman–Crippen MR) is 97.0 cm³/mol. The van der Waals surface area contributed by atoms with Crippen LogP contribution in [0, 0.1) is 0 Å². The molecule has 24 heavy (non-hydrogen) atoms. The Bertz CT molecular complexity index is 808. The van der Waals surface area contributed by atoms with Crippen molar-refractivity contribution in [1.29, 1.82) is 0 Å². The van der Waals surface area contributed by atoms with Gasteiger partial charge in [-0.3, -0.25) is 0 Å². The first-order valence-electron chi connectivity index (χ1n) is 7.40. The van der Waals surface area contributed by atoms with Gasteiger partial charge in [0.2, 0.25) is 10.0 Å². The Hall–Kier alpha value is -1.57. The van der Waals surface area contributed by atoms with Gasteiger partial charge in [0, 0.05) is 13.6 Å². The molecule has 0 aromatic heterocycles. The van der Waals surface area contributed by atoms with Gasteiger partial charge in [-0.15, -0.1) is 0 Å². The number of hydrogen-bond donors (Lipinski definition) is 0. The van der Waals surface area contributed by atoms with Crippen LogP contribution in [0.1, 0.15) is 12.5 Å². The zero-order valence-corrected chi connectivity index (χ0v) is 16.2. The summed E-state index contributed by atoms with van der Waals surface area (Å²) in [7, 11) is -0.513. The minimum Gasteiger partial charge on any atom is -0.496 e. The molecule has 0 spiro atoms. The Morgan fingerprint density at radius 2 is 1.92 bits per heavy atom. The van der Waals surface area contributed by atoms with Crippen molar-refractivity contribution in [3.63, 3.8) is 0 Å².